The highest BCUT2D eigenvalue weighted by molar-refractivity contribution is 6.24. The first kappa shape index (κ1) is 67.3. The van der Waals surface area contributed by atoms with Crippen LogP contribution in [-0.2, 0) is 61.2 Å². The molecule has 0 spiro atoms. The number of anilines is 2. The van der Waals surface area contributed by atoms with Crippen LogP contribution in [0.3, 0.4) is 0 Å². The maximum atomic E-state index is 14.1. The van der Waals surface area contributed by atoms with Crippen LogP contribution in [-0.4, -0.2) is 167 Å². The molecule has 8 rings (SSSR count). The third-order valence-corrected chi connectivity index (χ3v) is 15.0. The van der Waals surface area contributed by atoms with Crippen molar-refractivity contribution >= 4 is 47.1 Å². The Morgan fingerprint density at radius 1 is 0.667 bits per heavy atom. The molecule has 0 radical (unpaired) electrons. The molecule has 3 aliphatic rings. The van der Waals surface area contributed by atoms with E-state index in [1.807, 2.05) is 53.4 Å². The van der Waals surface area contributed by atoms with Gasteiger partial charge in [-0.2, -0.15) is 5.26 Å². The summed E-state index contributed by atoms with van der Waals surface area (Å²) in [6.07, 6.45) is 9.18. The van der Waals surface area contributed by atoms with Crippen molar-refractivity contribution in [3.8, 4) is 28.7 Å². The number of imide groups is 2. The number of amides is 7. The third-order valence-electron chi connectivity index (χ3n) is 15.0. The summed E-state index contributed by atoms with van der Waals surface area (Å²) >= 11 is 0. The number of nitrogens with one attached hydrogen (secondary N) is 4. The number of aromatic nitrogens is 2. The average Bonchev–Trinajstić information content (AvgIpc) is 1.79. The van der Waals surface area contributed by atoms with Crippen LogP contribution in [0.1, 0.15) is 96.1 Å². The lowest BCUT2D eigenvalue weighted by Crippen LogP contribution is -2.54. The number of nitrogens with zero attached hydrogens (tertiary/aromatic N) is 5. The second-order valence-corrected chi connectivity index (χ2v) is 21.5. The van der Waals surface area contributed by atoms with Gasteiger partial charge in [-0.15, -0.1) is 0 Å². The topological polar surface area (TPSA) is 299 Å². The van der Waals surface area contributed by atoms with Crippen molar-refractivity contribution in [3.05, 3.63) is 136 Å². The molecule has 4 N–H and O–H groups in total. The van der Waals surface area contributed by atoms with Crippen LogP contribution in [0.4, 0.5) is 16.3 Å². The SMILES string of the molecule is Cn1cc(-c2ccc(N(C(=O)NCc3ccc(OCCOCCCCOCCOCCOCCOCCOCCCCNC(=O)COc4cccc5c4C(=O)N(C4CCC(=O)NC4=O)C5=O)cc3)[C@H]3CC[C@H](ONc4ccc(C#N)cn4)CC3)cc2)ccc1=O. The van der Waals surface area contributed by atoms with Gasteiger partial charge in [0.1, 0.15) is 36.0 Å². The first-order chi connectivity index (χ1) is 43.9. The number of unbranched alkanes of at least 4 members (excludes halogenated alkanes) is 2. The molecule has 2 fully saturated rings. The molecule has 1 saturated carbocycles. The fraction of sp³-hybridized carbons (Fsp3) is 0.462. The summed E-state index contributed by atoms with van der Waals surface area (Å²) in [5.41, 5.74) is 6.84. The van der Waals surface area contributed by atoms with Gasteiger partial charge >= 0.3 is 6.03 Å². The summed E-state index contributed by atoms with van der Waals surface area (Å²) in [4.78, 5) is 102. The van der Waals surface area contributed by atoms with Crippen LogP contribution in [0.25, 0.3) is 11.1 Å². The second-order valence-electron chi connectivity index (χ2n) is 21.5. The zero-order chi connectivity index (χ0) is 63.3. The van der Waals surface area contributed by atoms with Crippen molar-refractivity contribution in [2.24, 2.45) is 7.05 Å². The quantitative estimate of drug-likeness (QED) is 0.0199. The van der Waals surface area contributed by atoms with Crippen molar-refractivity contribution in [1.29, 1.82) is 5.26 Å². The summed E-state index contributed by atoms with van der Waals surface area (Å²) in [6, 6.07) is 27.3. The van der Waals surface area contributed by atoms with Crippen LogP contribution < -0.4 is 41.4 Å². The molecule has 2 aliphatic heterocycles. The zero-order valence-electron chi connectivity index (χ0n) is 50.7. The number of pyridine rings is 2. The first-order valence-electron chi connectivity index (χ1n) is 30.5. The van der Waals surface area contributed by atoms with E-state index in [0.717, 1.165) is 40.1 Å². The summed E-state index contributed by atoms with van der Waals surface area (Å²) in [6.45, 7) is 6.41. The smallest absolute Gasteiger partial charge is 0.322 e. The van der Waals surface area contributed by atoms with Crippen molar-refractivity contribution in [1.82, 2.24) is 30.4 Å². The Morgan fingerprint density at radius 3 is 1.92 bits per heavy atom. The van der Waals surface area contributed by atoms with Gasteiger partial charge in [0.15, 0.2) is 6.61 Å². The van der Waals surface area contributed by atoms with Crippen molar-refractivity contribution in [3.63, 3.8) is 0 Å². The van der Waals surface area contributed by atoms with Gasteiger partial charge in [-0.1, -0.05) is 30.3 Å². The fourth-order valence-corrected chi connectivity index (χ4v) is 10.2. The number of urea groups is 1. The molecule has 90 heavy (non-hydrogen) atoms. The lowest BCUT2D eigenvalue weighted by molar-refractivity contribution is -0.136. The molecular weight excluding hydrogens is 1160 g/mol. The highest BCUT2D eigenvalue weighted by Gasteiger charge is 2.46. The van der Waals surface area contributed by atoms with Gasteiger partial charge < -0.3 is 53.1 Å². The van der Waals surface area contributed by atoms with Crippen LogP contribution in [0, 0.1) is 11.3 Å². The van der Waals surface area contributed by atoms with Crippen molar-refractivity contribution in [2.75, 3.05) is 109 Å². The maximum Gasteiger partial charge on any atom is 0.322 e. The molecule has 3 aromatic carbocycles. The number of carbonyl (C=O) groups is 6. The van der Waals surface area contributed by atoms with E-state index in [2.05, 4.69) is 32.5 Å². The molecule has 0 bridgehead atoms. The lowest BCUT2D eigenvalue weighted by Gasteiger charge is -2.36. The van der Waals surface area contributed by atoms with E-state index in [1.165, 1.54) is 24.4 Å². The predicted octanol–water partition coefficient (Wildman–Crippen LogP) is 6.03. The molecular formula is C65H79N9O16. The molecule has 25 heteroatoms. The normalized spacial score (nSPS) is 16.3. The van der Waals surface area contributed by atoms with E-state index in [0.29, 0.717) is 155 Å². The molecule has 1 aliphatic carbocycles. The van der Waals surface area contributed by atoms with Gasteiger partial charge in [0.05, 0.1) is 82.3 Å². The number of benzene rings is 3. The number of hydrogen-bond acceptors (Lipinski definition) is 19. The van der Waals surface area contributed by atoms with Crippen molar-refractivity contribution < 1.29 is 71.5 Å². The van der Waals surface area contributed by atoms with E-state index in [9.17, 15) is 33.6 Å². The Labute approximate surface area is 522 Å². The molecule has 480 valence electrons. The monoisotopic (exact) mass is 1240 g/mol. The lowest BCUT2D eigenvalue weighted by atomic mass is 9.91. The minimum atomic E-state index is -1.10. The number of aryl methyl sites for hydroxylation is 1. The van der Waals surface area contributed by atoms with E-state index < -0.39 is 35.6 Å². The molecule has 25 nitrogen and oxygen atoms in total. The van der Waals surface area contributed by atoms with E-state index in [1.54, 1.807) is 42.1 Å². The molecule has 7 amide bonds. The average molecular weight is 1240 g/mol. The molecule has 4 heterocycles. The minimum Gasteiger partial charge on any atom is -0.491 e. The van der Waals surface area contributed by atoms with E-state index in [4.69, 9.17) is 48.0 Å². The summed E-state index contributed by atoms with van der Waals surface area (Å²) in [5.74, 6) is -1.66. The Kier molecular flexibility index (Phi) is 27.0. The molecule has 1 atom stereocenters. The van der Waals surface area contributed by atoms with E-state index >= 15 is 0 Å². The molecule has 5 aromatic rings. The van der Waals surface area contributed by atoms with Gasteiger partial charge in [-0.3, -0.25) is 48.7 Å². The largest absolute Gasteiger partial charge is 0.491 e. The number of piperidine rings is 1. The number of hydrogen-bond donors (Lipinski definition) is 4. The van der Waals surface area contributed by atoms with E-state index in [-0.39, 0.29) is 60.1 Å². The fourth-order valence-electron chi connectivity index (χ4n) is 10.2. The number of rotatable bonds is 38. The second kappa shape index (κ2) is 36.1. The minimum absolute atomic E-state index is 0.00880. The van der Waals surface area contributed by atoms with Gasteiger partial charge in [0.2, 0.25) is 17.4 Å². The standard InChI is InChI=1S/C65H79N9O16/c1-72-44-49(14-26-60(72)77)48-12-15-50(16-13-48)73(51-17-21-53(22-18-51)90-71-57-24-11-47(41-66)43-68-57)65(81)69-42-46-9-19-52(20-10-46)88-40-39-84-30-5-4-29-83-32-34-86-36-38-87-37-35-85-33-31-82-28-3-2-27-67-59(76)45-89-56-8-6-7-54-61(56)64(80)74(63(54)79)55-23-25-58(75)70-62(55)78/h6-16,19-20,24,26,43-44,51,53,55H,2-5,17-18,21-23,25,27-40,42,45H2,1H3,(H,67,76)(H,68,71)(H,69,81)(H,70,75,78)/t51-,53-,55?. The highest BCUT2D eigenvalue weighted by atomic mass is 16.7. The molecule has 1 unspecified atom stereocenters. The van der Waals surface area contributed by atoms with Crippen molar-refractivity contribution in [2.45, 2.75) is 88.9 Å². The van der Waals surface area contributed by atoms with Crippen LogP contribution in [0.5, 0.6) is 11.5 Å². The van der Waals surface area contributed by atoms with Crippen LogP contribution >= 0.6 is 0 Å². The Bertz CT molecular complexity index is 3240. The Balaban J connectivity index is 0.582. The van der Waals surface area contributed by atoms with Gasteiger partial charge in [-0.25, -0.2) is 15.3 Å². The summed E-state index contributed by atoms with van der Waals surface area (Å²) in [5, 5.41) is 17.1. The van der Waals surface area contributed by atoms with Crippen LogP contribution in [0.2, 0.25) is 0 Å². The Hall–Kier alpha value is -8.61. The highest BCUT2D eigenvalue weighted by Crippen LogP contribution is 2.34. The summed E-state index contributed by atoms with van der Waals surface area (Å²) < 4.78 is 46.8. The van der Waals surface area contributed by atoms with Gasteiger partial charge in [0.25, 0.3) is 17.7 Å². The van der Waals surface area contributed by atoms with Gasteiger partial charge in [-0.05, 0) is 129 Å². The molecule has 2 aromatic heterocycles. The van der Waals surface area contributed by atoms with Gasteiger partial charge in [0, 0.05) is 76.6 Å². The number of carbonyl (C=O) groups excluding carboxylic acids is 6. The zero-order valence-corrected chi connectivity index (χ0v) is 50.7. The Morgan fingerprint density at radius 2 is 1.30 bits per heavy atom. The maximum absolute atomic E-state index is 14.1. The predicted molar refractivity (Wildman–Crippen MR) is 328 cm³/mol. The summed E-state index contributed by atoms with van der Waals surface area (Å²) in [7, 11) is 1.72. The number of fused-ring (bicyclic) bond motifs is 1. The molecule has 1 saturated heterocycles. The van der Waals surface area contributed by atoms with Crippen LogP contribution in [0.15, 0.2) is 108 Å². The number of ether oxygens (including phenoxy) is 8. The third kappa shape index (κ3) is 20.7. The first-order valence-corrected chi connectivity index (χ1v) is 30.5. The number of nitriles is 1.